The van der Waals surface area contributed by atoms with Crippen LogP contribution in [0.15, 0.2) is 36.5 Å². The van der Waals surface area contributed by atoms with E-state index in [4.69, 9.17) is 14.2 Å². The second-order valence-electron chi connectivity index (χ2n) is 24.9. The van der Waals surface area contributed by atoms with Crippen molar-refractivity contribution in [2.75, 3.05) is 19.8 Å². The molecule has 1 heterocycles. The third kappa shape index (κ3) is 50.6. The van der Waals surface area contributed by atoms with Crippen LogP contribution in [0.1, 0.15) is 348 Å². The summed E-state index contributed by atoms with van der Waals surface area (Å²) in [6.45, 7) is 4.24. The monoisotopic (exact) mass is 1170 g/mol. The zero-order valence-electron chi connectivity index (χ0n) is 54.2. The highest BCUT2D eigenvalue weighted by atomic mass is 16.7. The molecule has 0 bridgehead atoms. The molecule has 0 aromatic rings. The summed E-state index contributed by atoms with van der Waals surface area (Å²) >= 11 is 0. The summed E-state index contributed by atoms with van der Waals surface area (Å²) < 4.78 is 16.7. The van der Waals surface area contributed by atoms with E-state index >= 15 is 0 Å². The molecule has 0 aromatic carbocycles. The van der Waals surface area contributed by atoms with Crippen molar-refractivity contribution in [1.29, 1.82) is 0 Å². The van der Waals surface area contributed by atoms with E-state index in [0.717, 1.165) is 64.2 Å². The van der Waals surface area contributed by atoms with Crippen molar-refractivity contribution in [3.63, 3.8) is 0 Å². The van der Waals surface area contributed by atoms with Gasteiger partial charge in [0.25, 0.3) is 0 Å². The number of rotatable bonds is 63. The average molecular weight is 1170 g/mol. The maximum atomic E-state index is 13.0. The standard InChI is InChI=1S/C72H135NO10/c1-3-5-7-9-11-13-15-40-44-48-52-56-60-68(77)81-61-57-53-49-45-41-38-36-34-32-30-28-26-24-22-20-18-16-17-19-21-23-25-27-29-31-33-35-37-39-43-47-51-55-59-67(76)73-64(63-82-72-71(80)70(79)69(78)66(62-74)83-72)65(75)58-54-50-46-42-14-12-10-8-6-4-2/h6,8,14,42,54,58,64-66,69-72,74-75,78-80H,3-5,7,9-13,15-41,43-53,55-57,59-63H2,1-2H3,(H,73,76)/b8-6+,42-14+,58-54+. The van der Waals surface area contributed by atoms with E-state index in [0.29, 0.717) is 19.4 Å². The molecule has 1 saturated heterocycles. The summed E-state index contributed by atoms with van der Waals surface area (Å²) in [7, 11) is 0. The fraction of sp³-hybridized carbons (Fsp3) is 0.889. The number of allylic oxidation sites excluding steroid dienone is 5. The number of carbonyl (C=O) groups is 2. The molecule has 1 fully saturated rings. The van der Waals surface area contributed by atoms with Crippen LogP contribution in [-0.4, -0.2) is 100 Å². The Balaban J connectivity index is 1.90. The van der Waals surface area contributed by atoms with Gasteiger partial charge in [-0.1, -0.05) is 320 Å². The predicted octanol–water partition coefficient (Wildman–Crippen LogP) is 18.2. The van der Waals surface area contributed by atoms with Crippen molar-refractivity contribution in [3.05, 3.63) is 36.5 Å². The number of aliphatic hydroxyl groups excluding tert-OH is 5. The summed E-state index contributed by atoms with van der Waals surface area (Å²) in [5, 5.41) is 54.3. The minimum Gasteiger partial charge on any atom is -0.466 e. The largest absolute Gasteiger partial charge is 0.466 e. The zero-order chi connectivity index (χ0) is 60.2. The molecule has 488 valence electrons. The predicted molar refractivity (Wildman–Crippen MR) is 347 cm³/mol. The molecular formula is C72H135NO10. The Bertz CT molecular complexity index is 1470. The Morgan fingerprint density at radius 3 is 1.18 bits per heavy atom. The first-order valence-corrected chi connectivity index (χ1v) is 35.8. The maximum absolute atomic E-state index is 13.0. The third-order valence-corrected chi connectivity index (χ3v) is 17.0. The Hall–Kier alpha value is -2.12. The Morgan fingerprint density at radius 1 is 0.446 bits per heavy atom. The van der Waals surface area contributed by atoms with Crippen molar-refractivity contribution < 1.29 is 49.3 Å². The molecule has 11 nitrogen and oxygen atoms in total. The first-order chi connectivity index (χ1) is 40.7. The minimum atomic E-state index is -1.58. The lowest BCUT2D eigenvalue weighted by molar-refractivity contribution is -0.302. The van der Waals surface area contributed by atoms with Gasteiger partial charge in [0.05, 0.1) is 32.0 Å². The Morgan fingerprint density at radius 2 is 0.795 bits per heavy atom. The first-order valence-electron chi connectivity index (χ1n) is 35.8. The lowest BCUT2D eigenvalue weighted by Gasteiger charge is -2.40. The van der Waals surface area contributed by atoms with Gasteiger partial charge in [0, 0.05) is 12.8 Å². The van der Waals surface area contributed by atoms with E-state index in [2.05, 4.69) is 43.5 Å². The summed E-state index contributed by atoms with van der Waals surface area (Å²) in [4.78, 5) is 25.1. The fourth-order valence-electron chi connectivity index (χ4n) is 11.4. The number of amides is 1. The molecule has 0 aliphatic carbocycles. The highest BCUT2D eigenvalue weighted by molar-refractivity contribution is 5.76. The lowest BCUT2D eigenvalue weighted by atomic mass is 9.99. The van der Waals surface area contributed by atoms with Gasteiger partial charge in [-0.25, -0.2) is 0 Å². The number of unbranched alkanes of at least 4 members (excludes halogenated alkanes) is 45. The number of nitrogens with one attached hydrogen (secondary N) is 1. The van der Waals surface area contributed by atoms with Crippen LogP contribution < -0.4 is 5.32 Å². The molecule has 7 unspecified atom stereocenters. The number of hydrogen-bond donors (Lipinski definition) is 6. The van der Waals surface area contributed by atoms with E-state index < -0.39 is 49.5 Å². The van der Waals surface area contributed by atoms with Gasteiger partial charge >= 0.3 is 5.97 Å². The van der Waals surface area contributed by atoms with Crippen LogP contribution in [0.4, 0.5) is 0 Å². The van der Waals surface area contributed by atoms with Crippen LogP contribution in [0.25, 0.3) is 0 Å². The van der Waals surface area contributed by atoms with Crippen molar-refractivity contribution >= 4 is 11.9 Å². The lowest BCUT2D eigenvalue weighted by Crippen LogP contribution is -2.60. The number of esters is 1. The van der Waals surface area contributed by atoms with Gasteiger partial charge in [-0.15, -0.1) is 0 Å². The third-order valence-electron chi connectivity index (χ3n) is 17.0. The molecular weight excluding hydrogens is 1040 g/mol. The van der Waals surface area contributed by atoms with Crippen molar-refractivity contribution in [2.24, 2.45) is 0 Å². The van der Waals surface area contributed by atoms with Gasteiger partial charge in [-0.3, -0.25) is 9.59 Å². The summed E-state index contributed by atoms with van der Waals surface area (Å²) in [5.74, 6) is -0.178. The second kappa shape index (κ2) is 61.5. The minimum absolute atomic E-state index is 0.0150. The van der Waals surface area contributed by atoms with Crippen LogP contribution >= 0.6 is 0 Å². The SMILES string of the molecule is CC/C=C/CC/C=C/CC/C=C/C(O)C(COC1OC(CO)C(O)C(O)C1O)NC(=O)CCCCCCCCCCCCCCCCCCCCCCCCCCCCCCCCCCCOC(=O)CCCCCCCCCCCCCC. The van der Waals surface area contributed by atoms with Gasteiger partial charge in [0.2, 0.25) is 5.91 Å². The molecule has 1 amide bonds. The van der Waals surface area contributed by atoms with Crippen LogP contribution in [0, 0.1) is 0 Å². The van der Waals surface area contributed by atoms with E-state index in [9.17, 15) is 35.1 Å². The quantitative estimate of drug-likeness (QED) is 0.0195. The topological polar surface area (TPSA) is 175 Å². The molecule has 0 spiro atoms. The average Bonchev–Trinajstić information content (AvgIpc) is 3.53. The van der Waals surface area contributed by atoms with Crippen LogP contribution in [0.2, 0.25) is 0 Å². The van der Waals surface area contributed by atoms with E-state index in [1.807, 2.05) is 6.08 Å². The normalized spacial score (nSPS) is 18.3. The second-order valence-corrected chi connectivity index (χ2v) is 24.9. The Kier molecular flexibility index (Phi) is 58.5. The number of ether oxygens (including phenoxy) is 3. The van der Waals surface area contributed by atoms with E-state index in [-0.39, 0.29) is 18.5 Å². The molecule has 1 rings (SSSR count). The number of hydrogen-bond acceptors (Lipinski definition) is 10. The summed E-state index contributed by atoms with van der Waals surface area (Å²) in [5.41, 5.74) is 0. The van der Waals surface area contributed by atoms with Gasteiger partial charge in [0.15, 0.2) is 6.29 Å². The molecule has 1 aliphatic heterocycles. The molecule has 83 heavy (non-hydrogen) atoms. The molecule has 0 aromatic heterocycles. The zero-order valence-corrected chi connectivity index (χ0v) is 54.2. The summed E-state index contributed by atoms with van der Waals surface area (Å²) in [6, 6.07) is -0.830. The maximum Gasteiger partial charge on any atom is 0.305 e. The van der Waals surface area contributed by atoms with Gasteiger partial charge in [-0.05, 0) is 51.4 Å². The van der Waals surface area contributed by atoms with Crippen molar-refractivity contribution in [1.82, 2.24) is 5.32 Å². The van der Waals surface area contributed by atoms with Crippen LogP contribution in [0.5, 0.6) is 0 Å². The van der Waals surface area contributed by atoms with E-state index in [1.165, 1.54) is 257 Å². The van der Waals surface area contributed by atoms with Gasteiger partial charge in [-0.2, -0.15) is 0 Å². The molecule has 11 heteroatoms. The molecule has 1 aliphatic rings. The number of aliphatic hydroxyl groups is 5. The van der Waals surface area contributed by atoms with Crippen molar-refractivity contribution in [3.8, 4) is 0 Å². The highest BCUT2D eigenvalue weighted by Crippen LogP contribution is 2.23. The molecule has 6 N–H and O–H groups in total. The first kappa shape index (κ1) is 78.9. The molecule has 0 radical (unpaired) electrons. The molecule has 7 atom stereocenters. The van der Waals surface area contributed by atoms with Crippen molar-refractivity contribution in [2.45, 2.75) is 391 Å². The van der Waals surface area contributed by atoms with Gasteiger partial charge < -0.3 is 45.1 Å². The van der Waals surface area contributed by atoms with Crippen LogP contribution in [0.3, 0.4) is 0 Å². The highest BCUT2D eigenvalue weighted by Gasteiger charge is 2.44. The van der Waals surface area contributed by atoms with Gasteiger partial charge in [0.1, 0.15) is 24.4 Å². The molecule has 0 saturated carbocycles. The number of carbonyl (C=O) groups excluding carboxylic acids is 2. The Labute approximate surface area is 511 Å². The fourth-order valence-corrected chi connectivity index (χ4v) is 11.4. The summed E-state index contributed by atoms with van der Waals surface area (Å²) in [6.07, 6.45) is 68.9. The van der Waals surface area contributed by atoms with E-state index in [1.54, 1.807) is 6.08 Å². The van der Waals surface area contributed by atoms with Crippen LogP contribution in [-0.2, 0) is 23.8 Å². The smallest absolute Gasteiger partial charge is 0.305 e.